The molecule has 2 heteroatoms. The van der Waals surface area contributed by atoms with E-state index in [4.69, 9.17) is 4.74 Å². The van der Waals surface area contributed by atoms with Crippen LogP contribution in [0.2, 0.25) is 0 Å². The molecule has 0 aliphatic carbocycles. The van der Waals surface area contributed by atoms with Crippen molar-refractivity contribution in [3.8, 4) is 0 Å². The van der Waals surface area contributed by atoms with Gasteiger partial charge in [0, 0.05) is 5.56 Å². The number of benzene rings is 2. The second-order valence-corrected chi connectivity index (χ2v) is 5.21. The Bertz CT molecular complexity index is 752. The van der Waals surface area contributed by atoms with Crippen molar-refractivity contribution in [2.75, 3.05) is 0 Å². The normalized spacial score (nSPS) is 16.0. The molecule has 2 aromatic rings. The minimum absolute atomic E-state index is 0.299. The fourth-order valence-corrected chi connectivity index (χ4v) is 2.27. The first kappa shape index (κ1) is 13.4. The zero-order valence-electron chi connectivity index (χ0n) is 12.1. The molecule has 0 spiro atoms. The van der Waals surface area contributed by atoms with Gasteiger partial charge in [0.15, 0.2) is 0 Å². The van der Waals surface area contributed by atoms with Crippen LogP contribution >= 0.6 is 0 Å². The predicted octanol–water partition coefficient (Wildman–Crippen LogP) is 4.28. The lowest BCUT2D eigenvalue weighted by molar-refractivity contribution is -0.130. The summed E-state index contributed by atoms with van der Waals surface area (Å²) < 4.78 is 5.34. The van der Waals surface area contributed by atoms with Crippen LogP contribution < -0.4 is 0 Å². The molecule has 0 amide bonds. The third kappa shape index (κ3) is 2.79. The maximum atomic E-state index is 12.0. The Morgan fingerprint density at radius 3 is 2.43 bits per heavy atom. The minimum atomic E-state index is -0.299. The Morgan fingerprint density at radius 2 is 1.71 bits per heavy atom. The Balaban J connectivity index is 1.95. The molecular formula is C19H16O2. The van der Waals surface area contributed by atoms with Crippen LogP contribution in [0.1, 0.15) is 22.3 Å². The summed E-state index contributed by atoms with van der Waals surface area (Å²) in [6.07, 6.45) is 3.66. The summed E-state index contributed by atoms with van der Waals surface area (Å²) in [5, 5.41) is 0. The number of hydrogen-bond donors (Lipinski definition) is 0. The van der Waals surface area contributed by atoms with Gasteiger partial charge in [0.1, 0.15) is 5.76 Å². The van der Waals surface area contributed by atoms with Gasteiger partial charge in [0.2, 0.25) is 0 Å². The molecule has 1 aliphatic heterocycles. The van der Waals surface area contributed by atoms with Gasteiger partial charge in [-0.15, -0.1) is 0 Å². The maximum absolute atomic E-state index is 12.0. The fourth-order valence-electron chi connectivity index (χ4n) is 2.27. The average molecular weight is 276 g/mol. The third-order valence-electron chi connectivity index (χ3n) is 3.64. The van der Waals surface area contributed by atoms with Crippen LogP contribution in [-0.4, -0.2) is 5.97 Å². The molecule has 1 aliphatic rings. The van der Waals surface area contributed by atoms with Crippen molar-refractivity contribution in [2.24, 2.45) is 0 Å². The Labute approximate surface area is 124 Å². The van der Waals surface area contributed by atoms with Crippen LogP contribution in [0.25, 0.3) is 11.8 Å². The summed E-state index contributed by atoms with van der Waals surface area (Å²) in [6, 6.07) is 15.8. The molecule has 0 unspecified atom stereocenters. The lowest BCUT2D eigenvalue weighted by Crippen LogP contribution is -1.97. The number of cyclic esters (lactones) is 1. The summed E-state index contributed by atoms with van der Waals surface area (Å²) in [4.78, 5) is 12.0. The standard InChI is InChI=1S/C19H16O2/c1-13-8-9-15(10-14(13)2)11-17-12-18(21-19(17)20)16-6-4-3-5-7-16/h3-12H,1-2H3/b17-11-. The molecule has 1 heterocycles. The molecule has 0 radical (unpaired) electrons. The van der Waals surface area contributed by atoms with Crippen LogP contribution in [0.15, 0.2) is 60.2 Å². The molecule has 2 nitrogen and oxygen atoms in total. The average Bonchev–Trinajstić information content (AvgIpc) is 2.85. The molecule has 3 rings (SSSR count). The summed E-state index contributed by atoms with van der Waals surface area (Å²) in [5.41, 5.74) is 4.96. The maximum Gasteiger partial charge on any atom is 0.343 e. The molecule has 2 aromatic carbocycles. The topological polar surface area (TPSA) is 26.3 Å². The lowest BCUT2D eigenvalue weighted by Gasteiger charge is -2.01. The lowest BCUT2D eigenvalue weighted by atomic mass is 10.0. The Kier molecular flexibility index (Phi) is 3.44. The van der Waals surface area contributed by atoms with Crippen molar-refractivity contribution in [3.63, 3.8) is 0 Å². The van der Waals surface area contributed by atoms with E-state index in [1.165, 1.54) is 11.1 Å². The van der Waals surface area contributed by atoms with Gasteiger partial charge >= 0.3 is 5.97 Å². The molecule has 0 fully saturated rings. The van der Waals surface area contributed by atoms with E-state index in [1.807, 2.05) is 42.5 Å². The number of esters is 1. The van der Waals surface area contributed by atoms with Crippen LogP contribution in [-0.2, 0) is 9.53 Å². The zero-order chi connectivity index (χ0) is 14.8. The molecule has 0 saturated heterocycles. The number of carbonyl (C=O) groups excluding carboxylic acids is 1. The minimum Gasteiger partial charge on any atom is -0.422 e. The van der Waals surface area contributed by atoms with Gasteiger partial charge in [-0.05, 0) is 42.7 Å². The van der Waals surface area contributed by atoms with E-state index in [0.29, 0.717) is 11.3 Å². The van der Waals surface area contributed by atoms with E-state index < -0.39 is 0 Å². The molecule has 0 aromatic heterocycles. The van der Waals surface area contributed by atoms with E-state index in [0.717, 1.165) is 11.1 Å². The van der Waals surface area contributed by atoms with Crippen molar-refractivity contribution >= 4 is 17.8 Å². The summed E-state index contributed by atoms with van der Waals surface area (Å²) in [5.74, 6) is 0.308. The summed E-state index contributed by atoms with van der Waals surface area (Å²) in [6.45, 7) is 4.14. The zero-order valence-corrected chi connectivity index (χ0v) is 12.1. The number of hydrogen-bond acceptors (Lipinski definition) is 2. The van der Waals surface area contributed by atoms with E-state index >= 15 is 0 Å². The Morgan fingerprint density at radius 1 is 0.952 bits per heavy atom. The van der Waals surface area contributed by atoms with Gasteiger partial charge in [-0.1, -0.05) is 48.5 Å². The van der Waals surface area contributed by atoms with E-state index in [-0.39, 0.29) is 5.97 Å². The number of rotatable bonds is 2. The smallest absolute Gasteiger partial charge is 0.343 e. The second-order valence-electron chi connectivity index (χ2n) is 5.21. The van der Waals surface area contributed by atoms with Crippen LogP contribution in [0.5, 0.6) is 0 Å². The quantitative estimate of drug-likeness (QED) is 0.604. The molecule has 0 bridgehead atoms. The van der Waals surface area contributed by atoms with Gasteiger partial charge in [0.05, 0.1) is 5.57 Å². The predicted molar refractivity (Wildman–Crippen MR) is 84.4 cm³/mol. The first-order chi connectivity index (χ1) is 10.1. The fraction of sp³-hybridized carbons (Fsp3) is 0.105. The first-order valence-electron chi connectivity index (χ1n) is 6.92. The molecule has 0 atom stereocenters. The molecular weight excluding hydrogens is 260 g/mol. The molecule has 0 N–H and O–H groups in total. The van der Waals surface area contributed by atoms with Crippen molar-refractivity contribution in [3.05, 3.63) is 82.4 Å². The highest BCUT2D eigenvalue weighted by Crippen LogP contribution is 2.27. The number of carbonyl (C=O) groups is 1. The molecule has 0 saturated carbocycles. The van der Waals surface area contributed by atoms with Crippen LogP contribution in [0.4, 0.5) is 0 Å². The number of ether oxygens (including phenoxy) is 1. The second kappa shape index (κ2) is 5.41. The van der Waals surface area contributed by atoms with Crippen LogP contribution in [0.3, 0.4) is 0 Å². The van der Waals surface area contributed by atoms with Crippen molar-refractivity contribution in [2.45, 2.75) is 13.8 Å². The molecule has 21 heavy (non-hydrogen) atoms. The van der Waals surface area contributed by atoms with E-state index in [2.05, 4.69) is 26.0 Å². The van der Waals surface area contributed by atoms with E-state index in [9.17, 15) is 4.79 Å². The van der Waals surface area contributed by atoms with Gasteiger partial charge in [-0.2, -0.15) is 0 Å². The first-order valence-corrected chi connectivity index (χ1v) is 6.92. The van der Waals surface area contributed by atoms with Gasteiger partial charge in [-0.25, -0.2) is 4.79 Å². The molecule has 104 valence electrons. The van der Waals surface area contributed by atoms with Gasteiger partial charge < -0.3 is 4.74 Å². The van der Waals surface area contributed by atoms with Crippen molar-refractivity contribution in [1.29, 1.82) is 0 Å². The van der Waals surface area contributed by atoms with Gasteiger partial charge in [-0.3, -0.25) is 0 Å². The van der Waals surface area contributed by atoms with E-state index in [1.54, 1.807) is 6.08 Å². The highest BCUT2D eigenvalue weighted by molar-refractivity contribution is 6.05. The van der Waals surface area contributed by atoms with Crippen LogP contribution in [0, 0.1) is 13.8 Å². The van der Waals surface area contributed by atoms with Crippen molar-refractivity contribution in [1.82, 2.24) is 0 Å². The third-order valence-corrected chi connectivity index (χ3v) is 3.64. The largest absolute Gasteiger partial charge is 0.422 e. The monoisotopic (exact) mass is 276 g/mol. The van der Waals surface area contributed by atoms with Crippen molar-refractivity contribution < 1.29 is 9.53 Å². The number of aryl methyl sites for hydroxylation is 2. The van der Waals surface area contributed by atoms with Gasteiger partial charge in [0.25, 0.3) is 0 Å². The summed E-state index contributed by atoms with van der Waals surface area (Å²) in [7, 11) is 0. The Hall–Kier alpha value is -2.61. The SMILES string of the molecule is Cc1ccc(/C=C2/C=C(c3ccccc3)OC2=O)cc1C. The highest BCUT2D eigenvalue weighted by atomic mass is 16.5. The highest BCUT2D eigenvalue weighted by Gasteiger charge is 2.21. The summed E-state index contributed by atoms with van der Waals surface area (Å²) >= 11 is 0.